The Morgan fingerprint density at radius 3 is 2.58 bits per heavy atom. The fraction of sp³-hybridized carbons (Fsp3) is 0.391. The number of hydrogen-bond donors (Lipinski definition) is 1. The fourth-order valence-electron chi connectivity index (χ4n) is 4.11. The van der Waals surface area contributed by atoms with Crippen molar-refractivity contribution in [1.29, 1.82) is 0 Å². The molecule has 2 nitrogen and oxygen atoms in total. The van der Waals surface area contributed by atoms with Crippen LogP contribution in [0, 0.1) is 12.8 Å². The molecule has 1 N–H and O–H groups in total. The maximum atomic E-state index is 12.0. The van der Waals surface area contributed by atoms with Crippen molar-refractivity contribution in [3.63, 3.8) is 0 Å². The van der Waals surface area contributed by atoms with Gasteiger partial charge in [-0.3, -0.25) is 0 Å². The highest BCUT2D eigenvalue weighted by atomic mass is 35.5. The maximum absolute atomic E-state index is 12.0. The predicted octanol–water partition coefficient (Wildman–Crippen LogP) is 5.28. The van der Waals surface area contributed by atoms with Gasteiger partial charge < -0.3 is 10.0 Å². The van der Waals surface area contributed by atoms with Crippen LogP contribution in [-0.4, -0.2) is 30.6 Å². The first kappa shape index (κ1) is 19.2. The van der Waals surface area contributed by atoms with E-state index in [0.717, 1.165) is 47.5 Å². The Hall–Kier alpha value is -1.61. The molecule has 0 amide bonds. The summed E-state index contributed by atoms with van der Waals surface area (Å²) in [6.45, 7) is 2.95. The third kappa shape index (κ3) is 4.03. The van der Waals surface area contributed by atoms with E-state index in [4.69, 9.17) is 11.6 Å². The summed E-state index contributed by atoms with van der Waals surface area (Å²) >= 11 is 6.03. The van der Waals surface area contributed by atoms with Crippen LogP contribution in [0.4, 0.5) is 0 Å². The van der Waals surface area contributed by atoms with Crippen molar-refractivity contribution in [2.24, 2.45) is 5.92 Å². The highest BCUT2D eigenvalue weighted by molar-refractivity contribution is 6.30. The lowest BCUT2D eigenvalue weighted by Gasteiger charge is -2.44. The summed E-state index contributed by atoms with van der Waals surface area (Å²) in [6, 6.07) is 16.2. The van der Waals surface area contributed by atoms with E-state index in [1.54, 1.807) is 0 Å². The first-order valence-corrected chi connectivity index (χ1v) is 9.68. The van der Waals surface area contributed by atoms with Crippen molar-refractivity contribution < 1.29 is 5.11 Å². The molecule has 0 spiro atoms. The largest absolute Gasteiger partial charge is 0.380 e. The van der Waals surface area contributed by atoms with E-state index >= 15 is 0 Å². The Balaban J connectivity index is 2.09. The molecule has 0 radical (unpaired) electrons. The topological polar surface area (TPSA) is 23.5 Å². The number of aryl methyl sites for hydroxylation is 1. The van der Waals surface area contributed by atoms with Gasteiger partial charge in [0.1, 0.15) is 5.60 Å². The van der Waals surface area contributed by atoms with E-state index in [-0.39, 0.29) is 5.92 Å². The number of halogens is 1. The third-order valence-corrected chi connectivity index (χ3v) is 5.59. The zero-order chi connectivity index (χ0) is 18.7. The normalized spacial score (nSPS) is 25.0. The van der Waals surface area contributed by atoms with Crippen LogP contribution in [-0.2, 0) is 5.60 Å². The SMILES string of the molecule is Cc1cccc(C2(O)C(=Cc3ccc(Cl)cc3)CCCC2CN(C)C)c1. The van der Waals surface area contributed by atoms with Gasteiger partial charge in [-0.15, -0.1) is 0 Å². The van der Waals surface area contributed by atoms with Crippen LogP contribution >= 0.6 is 11.6 Å². The Morgan fingerprint density at radius 2 is 1.92 bits per heavy atom. The molecule has 1 saturated carbocycles. The molecule has 26 heavy (non-hydrogen) atoms. The van der Waals surface area contributed by atoms with Gasteiger partial charge in [-0.2, -0.15) is 0 Å². The van der Waals surface area contributed by atoms with Crippen molar-refractivity contribution in [2.45, 2.75) is 31.8 Å². The van der Waals surface area contributed by atoms with E-state index in [1.807, 2.05) is 30.3 Å². The predicted molar refractivity (Wildman–Crippen MR) is 110 cm³/mol. The quantitative estimate of drug-likeness (QED) is 0.792. The van der Waals surface area contributed by atoms with Gasteiger partial charge in [0.05, 0.1) is 0 Å². The summed E-state index contributed by atoms with van der Waals surface area (Å²) in [6.07, 6.45) is 5.20. The van der Waals surface area contributed by atoms with E-state index in [1.165, 1.54) is 5.56 Å². The Labute approximate surface area is 162 Å². The smallest absolute Gasteiger partial charge is 0.115 e. The summed E-state index contributed by atoms with van der Waals surface area (Å²) in [4.78, 5) is 2.18. The monoisotopic (exact) mass is 369 g/mol. The molecule has 2 atom stereocenters. The molecule has 1 aliphatic carbocycles. The first-order chi connectivity index (χ1) is 12.4. The number of benzene rings is 2. The minimum Gasteiger partial charge on any atom is -0.380 e. The van der Waals surface area contributed by atoms with Gasteiger partial charge in [0, 0.05) is 17.5 Å². The molecule has 0 saturated heterocycles. The van der Waals surface area contributed by atoms with E-state index in [0.29, 0.717) is 0 Å². The first-order valence-electron chi connectivity index (χ1n) is 9.30. The highest BCUT2D eigenvalue weighted by Gasteiger charge is 2.44. The molecular formula is C23H28ClNO. The summed E-state index contributed by atoms with van der Waals surface area (Å²) in [5.41, 5.74) is 3.43. The number of aliphatic hydroxyl groups is 1. The Morgan fingerprint density at radius 1 is 1.19 bits per heavy atom. The van der Waals surface area contributed by atoms with Crippen LogP contribution in [0.1, 0.15) is 36.0 Å². The second-order valence-corrected chi connectivity index (χ2v) is 8.14. The molecule has 2 unspecified atom stereocenters. The fourth-order valence-corrected chi connectivity index (χ4v) is 4.24. The van der Waals surface area contributed by atoms with E-state index < -0.39 is 5.60 Å². The van der Waals surface area contributed by atoms with Gasteiger partial charge in [0.2, 0.25) is 0 Å². The molecule has 3 rings (SSSR count). The van der Waals surface area contributed by atoms with Crippen molar-refractivity contribution in [1.82, 2.24) is 4.90 Å². The van der Waals surface area contributed by atoms with Crippen molar-refractivity contribution in [3.05, 3.63) is 75.8 Å². The van der Waals surface area contributed by atoms with Crippen LogP contribution in [0.5, 0.6) is 0 Å². The van der Waals surface area contributed by atoms with E-state index in [2.05, 4.69) is 50.2 Å². The summed E-state index contributed by atoms with van der Waals surface area (Å²) in [5, 5.41) is 12.8. The average Bonchev–Trinajstić information content (AvgIpc) is 2.60. The van der Waals surface area contributed by atoms with Gasteiger partial charge in [-0.05, 0) is 69.1 Å². The molecule has 2 aromatic rings. The molecule has 0 bridgehead atoms. The Kier molecular flexibility index (Phi) is 5.86. The van der Waals surface area contributed by atoms with Gasteiger partial charge >= 0.3 is 0 Å². The highest BCUT2D eigenvalue weighted by Crippen LogP contribution is 2.46. The number of rotatable bonds is 4. The number of hydrogen-bond acceptors (Lipinski definition) is 2. The molecule has 1 fully saturated rings. The lowest BCUT2D eigenvalue weighted by atomic mass is 9.67. The zero-order valence-electron chi connectivity index (χ0n) is 15.9. The standard InChI is InChI=1S/C23H28ClNO/c1-17-6-4-7-19(14-17)23(26)20(8-5-9-21(23)16-25(2)3)15-18-10-12-22(24)13-11-18/h4,6-7,10-15,21,26H,5,8-9,16H2,1-3H3. The second kappa shape index (κ2) is 7.96. The zero-order valence-corrected chi connectivity index (χ0v) is 16.6. The van der Waals surface area contributed by atoms with Gasteiger partial charge in [-0.25, -0.2) is 0 Å². The molecule has 138 valence electrons. The molecule has 1 aliphatic rings. The number of nitrogens with zero attached hydrogens (tertiary/aromatic N) is 1. The average molecular weight is 370 g/mol. The summed E-state index contributed by atoms with van der Waals surface area (Å²) in [5.74, 6) is 0.173. The summed E-state index contributed by atoms with van der Waals surface area (Å²) < 4.78 is 0. The molecule has 0 heterocycles. The molecule has 0 aromatic heterocycles. The lowest BCUT2D eigenvalue weighted by Crippen LogP contribution is -2.44. The van der Waals surface area contributed by atoms with Gasteiger partial charge in [0.15, 0.2) is 0 Å². The van der Waals surface area contributed by atoms with Crippen molar-refractivity contribution >= 4 is 17.7 Å². The molecule has 3 heteroatoms. The van der Waals surface area contributed by atoms with Crippen LogP contribution < -0.4 is 0 Å². The van der Waals surface area contributed by atoms with E-state index in [9.17, 15) is 5.11 Å². The van der Waals surface area contributed by atoms with Crippen LogP contribution in [0.2, 0.25) is 5.02 Å². The third-order valence-electron chi connectivity index (χ3n) is 5.33. The second-order valence-electron chi connectivity index (χ2n) is 7.71. The Bertz CT molecular complexity index is 781. The summed E-state index contributed by atoms with van der Waals surface area (Å²) in [7, 11) is 4.15. The van der Waals surface area contributed by atoms with Crippen LogP contribution in [0.15, 0.2) is 54.1 Å². The van der Waals surface area contributed by atoms with Crippen LogP contribution in [0.3, 0.4) is 0 Å². The minimum absolute atomic E-state index is 0.173. The van der Waals surface area contributed by atoms with Gasteiger partial charge in [-0.1, -0.05) is 59.6 Å². The van der Waals surface area contributed by atoms with Crippen molar-refractivity contribution in [2.75, 3.05) is 20.6 Å². The van der Waals surface area contributed by atoms with Gasteiger partial charge in [0.25, 0.3) is 0 Å². The van der Waals surface area contributed by atoms with Crippen molar-refractivity contribution in [3.8, 4) is 0 Å². The molecule has 0 aliphatic heterocycles. The maximum Gasteiger partial charge on any atom is 0.115 e. The molecular weight excluding hydrogens is 342 g/mol. The molecule has 2 aromatic carbocycles. The van der Waals surface area contributed by atoms with Crippen LogP contribution in [0.25, 0.3) is 6.08 Å². The minimum atomic E-state index is -0.936. The lowest BCUT2D eigenvalue weighted by molar-refractivity contribution is -0.0174.